The molecular weight excluding hydrogens is 234 g/mol. The van der Waals surface area contributed by atoms with E-state index in [1.165, 1.54) is 32.1 Å². The quantitative estimate of drug-likeness (QED) is 0.762. The van der Waals surface area contributed by atoms with Crippen molar-refractivity contribution in [2.45, 2.75) is 76.7 Å². The molecule has 3 rings (SSSR count). The van der Waals surface area contributed by atoms with E-state index in [4.69, 9.17) is 0 Å². The summed E-state index contributed by atoms with van der Waals surface area (Å²) in [6.07, 6.45) is 11.1. The molecule has 2 nitrogen and oxygen atoms in total. The van der Waals surface area contributed by atoms with Crippen molar-refractivity contribution >= 4 is 0 Å². The summed E-state index contributed by atoms with van der Waals surface area (Å²) >= 11 is 0. The van der Waals surface area contributed by atoms with Gasteiger partial charge in [0.15, 0.2) is 0 Å². The van der Waals surface area contributed by atoms with Crippen LogP contribution in [0.4, 0.5) is 0 Å². The van der Waals surface area contributed by atoms with Crippen molar-refractivity contribution < 1.29 is 5.11 Å². The second-order valence-corrected chi connectivity index (χ2v) is 7.40. The van der Waals surface area contributed by atoms with Gasteiger partial charge in [-0.1, -0.05) is 32.6 Å². The molecule has 0 aromatic carbocycles. The largest absolute Gasteiger partial charge is 0.388 e. The van der Waals surface area contributed by atoms with Crippen LogP contribution < -0.4 is 0 Å². The fourth-order valence-corrected chi connectivity index (χ4v) is 5.39. The first kappa shape index (κ1) is 13.4. The number of nitriles is 1. The van der Waals surface area contributed by atoms with Gasteiger partial charge in [-0.3, -0.25) is 0 Å². The third-order valence-corrected chi connectivity index (χ3v) is 6.62. The van der Waals surface area contributed by atoms with E-state index in [9.17, 15) is 10.4 Å². The van der Waals surface area contributed by atoms with Crippen molar-refractivity contribution in [1.29, 1.82) is 5.26 Å². The molecule has 0 amide bonds. The molecule has 0 spiro atoms. The molecule has 0 radical (unpaired) electrons. The third-order valence-electron chi connectivity index (χ3n) is 6.62. The molecule has 3 aliphatic rings. The van der Waals surface area contributed by atoms with Gasteiger partial charge < -0.3 is 5.11 Å². The highest BCUT2D eigenvalue weighted by molar-refractivity contribution is 5.20. The summed E-state index contributed by atoms with van der Waals surface area (Å²) < 4.78 is 0. The predicted octanol–water partition coefficient (Wildman–Crippen LogP) is 4.04. The Bertz CT molecular complexity index is 387. The van der Waals surface area contributed by atoms with Crippen molar-refractivity contribution in [3.8, 4) is 6.07 Å². The van der Waals surface area contributed by atoms with Crippen LogP contribution in [0.1, 0.15) is 71.1 Å². The summed E-state index contributed by atoms with van der Waals surface area (Å²) in [6, 6.07) is 2.63. The molecule has 1 N–H and O–H groups in total. The molecule has 3 fully saturated rings. The highest BCUT2D eigenvalue weighted by Crippen LogP contribution is 2.62. The zero-order valence-electron chi connectivity index (χ0n) is 12.2. The van der Waals surface area contributed by atoms with Crippen LogP contribution in [0, 0.1) is 34.5 Å². The van der Waals surface area contributed by atoms with Crippen LogP contribution >= 0.6 is 0 Å². The van der Waals surface area contributed by atoms with Crippen LogP contribution in [0.15, 0.2) is 0 Å². The molecule has 5 unspecified atom stereocenters. The Kier molecular flexibility index (Phi) is 3.38. The normalized spacial score (nSPS) is 49.8. The van der Waals surface area contributed by atoms with Crippen LogP contribution in [0.25, 0.3) is 0 Å². The summed E-state index contributed by atoms with van der Waals surface area (Å²) in [5.41, 5.74) is -1.09. The molecule has 2 bridgehead atoms. The van der Waals surface area contributed by atoms with Gasteiger partial charge in [0.2, 0.25) is 0 Å². The van der Waals surface area contributed by atoms with Gasteiger partial charge in [-0.15, -0.1) is 0 Å². The Morgan fingerprint density at radius 3 is 2.63 bits per heavy atom. The Morgan fingerprint density at radius 1 is 1.21 bits per heavy atom. The Hall–Kier alpha value is -0.550. The monoisotopic (exact) mass is 261 g/mol. The molecule has 0 aromatic heterocycles. The first-order chi connectivity index (χ1) is 9.13. The van der Waals surface area contributed by atoms with Crippen molar-refractivity contribution in [3.63, 3.8) is 0 Å². The van der Waals surface area contributed by atoms with Crippen LogP contribution in [0.3, 0.4) is 0 Å². The average molecular weight is 261 g/mol. The summed E-state index contributed by atoms with van der Waals surface area (Å²) in [4.78, 5) is 0. The van der Waals surface area contributed by atoms with E-state index < -0.39 is 11.0 Å². The Labute approximate surface area is 117 Å². The van der Waals surface area contributed by atoms with Crippen LogP contribution in [-0.2, 0) is 0 Å². The average Bonchev–Trinajstić information content (AvgIpc) is 2.97. The molecule has 19 heavy (non-hydrogen) atoms. The van der Waals surface area contributed by atoms with Crippen molar-refractivity contribution in [2.75, 3.05) is 0 Å². The van der Waals surface area contributed by atoms with Gasteiger partial charge in [-0.25, -0.2) is 0 Å². The predicted molar refractivity (Wildman–Crippen MR) is 75.3 cm³/mol. The number of nitrogens with zero attached hydrogens (tertiary/aromatic N) is 1. The van der Waals surface area contributed by atoms with Crippen LogP contribution in [0.2, 0.25) is 0 Å². The van der Waals surface area contributed by atoms with E-state index >= 15 is 0 Å². The lowest BCUT2D eigenvalue weighted by molar-refractivity contribution is -0.0928. The first-order valence-corrected chi connectivity index (χ1v) is 8.27. The summed E-state index contributed by atoms with van der Waals surface area (Å²) in [6.45, 7) is 2.26. The van der Waals surface area contributed by atoms with E-state index in [2.05, 4.69) is 13.0 Å². The summed E-state index contributed by atoms with van der Waals surface area (Å²) in [5, 5.41) is 21.2. The third kappa shape index (κ3) is 1.93. The molecule has 2 heteroatoms. The lowest BCUT2D eigenvalue weighted by Crippen LogP contribution is -2.50. The van der Waals surface area contributed by atoms with Gasteiger partial charge in [0.1, 0.15) is 0 Å². The minimum atomic E-state index is -0.689. The van der Waals surface area contributed by atoms with Crippen molar-refractivity contribution in [3.05, 3.63) is 0 Å². The number of fused-ring (bicyclic) bond motifs is 2. The maximum atomic E-state index is 11.3. The lowest BCUT2D eigenvalue weighted by atomic mass is 9.60. The number of hydrogen-bond donors (Lipinski definition) is 1. The van der Waals surface area contributed by atoms with Crippen molar-refractivity contribution in [1.82, 2.24) is 0 Å². The minimum absolute atomic E-state index is 0.404. The molecule has 0 aromatic rings. The van der Waals surface area contributed by atoms with Crippen LogP contribution in [-0.4, -0.2) is 10.7 Å². The molecule has 0 heterocycles. The molecule has 5 atom stereocenters. The first-order valence-electron chi connectivity index (χ1n) is 8.27. The van der Waals surface area contributed by atoms with E-state index in [0.717, 1.165) is 43.9 Å². The number of rotatable bonds is 2. The Balaban J connectivity index is 1.85. The van der Waals surface area contributed by atoms with Gasteiger partial charge in [0.25, 0.3) is 0 Å². The van der Waals surface area contributed by atoms with Crippen LogP contribution in [0.5, 0.6) is 0 Å². The Morgan fingerprint density at radius 2 is 2.05 bits per heavy atom. The molecule has 0 saturated heterocycles. The molecule has 3 aliphatic carbocycles. The van der Waals surface area contributed by atoms with Crippen molar-refractivity contribution in [2.24, 2.45) is 23.2 Å². The van der Waals surface area contributed by atoms with Gasteiger partial charge >= 0.3 is 0 Å². The standard InChI is InChI=1S/C17H27NO/c1-2-13-4-3-8-17(19,9-7-13)16(12-18)11-14-5-6-15(16)10-14/h13-15,19H,2-11H2,1H3. The summed E-state index contributed by atoms with van der Waals surface area (Å²) in [5.74, 6) is 1.97. The molecular formula is C17H27NO. The van der Waals surface area contributed by atoms with E-state index in [0.29, 0.717) is 5.92 Å². The van der Waals surface area contributed by atoms with E-state index in [-0.39, 0.29) is 0 Å². The molecule has 3 saturated carbocycles. The highest BCUT2D eigenvalue weighted by atomic mass is 16.3. The van der Waals surface area contributed by atoms with Gasteiger partial charge in [-0.05, 0) is 56.3 Å². The summed E-state index contributed by atoms with van der Waals surface area (Å²) in [7, 11) is 0. The highest BCUT2D eigenvalue weighted by Gasteiger charge is 2.61. The topological polar surface area (TPSA) is 44.0 Å². The minimum Gasteiger partial charge on any atom is -0.388 e. The fourth-order valence-electron chi connectivity index (χ4n) is 5.39. The van der Waals surface area contributed by atoms with Gasteiger partial charge in [0.05, 0.1) is 17.1 Å². The second-order valence-electron chi connectivity index (χ2n) is 7.40. The number of hydrogen-bond acceptors (Lipinski definition) is 2. The maximum absolute atomic E-state index is 11.3. The second kappa shape index (κ2) is 4.77. The van der Waals surface area contributed by atoms with E-state index in [1.807, 2.05) is 0 Å². The molecule has 106 valence electrons. The maximum Gasteiger partial charge on any atom is 0.0890 e. The fraction of sp³-hybridized carbons (Fsp3) is 0.941. The molecule has 0 aliphatic heterocycles. The SMILES string of the molecule is CCC1CCCC(O)(C2(C#N)CC3CCC2C3)CC1. The van der Waals surface area contributed by atoms with Gasteiger partial charge in [0, 0.05) is 0 Å². The lowest BCUT2D eigenvalue weighted by Gasteiger charge is -2.45. The zero-order chi connectivity index (χ0) is 13.5. The zero-order valence-corrected chi connectivity index (χ0v) is 12.2. The smallest absolute Gasteiger partial charge is 0.0890 e. The number of aliphatic hydroxyl groups is 1. The van der Waals surface area contributed by atoms with E-state index in [1.54, 1.807) is 0 Å². The van der Waals surface area contributed by atoms with Gasteiger partial charge in [-0.2, -0.15) is 5.26 Å².